The summed E-state index contributed by atoms with van der Waals surface area (Å²) in [6.07, 6.45) is 2.95. The van der Waals surface area contributed by atoms with Crippen LogP contribution in [-0.2, 0) is 15.9 Å². The predicted molar refractivity (Wildman–Crippen MR) is 111 cm³/mol. The molecule has 4 nitrogen and oxygen atoms in total. The zero-order valence-corrected chi connectivity index (χ0v) is 21.4. The Bertz CT molecular complexity index is 656. The van der Waals surface area contributed by atoms with Gasteiger partial charge in [0, 0.05) is 0 Å². The molecule has 0 aromatic rings. The van der Waals surface area contributed by atoms with E-state index in [1.54, 1.807) is 0 Å². The third-order valence-corrected chi connectivity index (χ3v) is 13.6. The Hall–Kier alpha value is 0.156. The minimum atomic E-state index is -2.81. The van der Waals surface area contributed by atoms with Gasteiger partial charge in [-0.05, 0) is 0 Å². The van der Waals surface area contributed by atoms with Gasteiger partial charge in [0.25, 0.3) is 0 Å². The predicted octanol–water partition coefficient (Wildman–Crippen LogP) is 5.22. The van der Waals surface area contributed by atoms with Crippen LogP contribution in [0.25, 0.3) is 0 Å². The van der Waals surface area contributed by atoms with Gasteiger partial charge in [0.1, 0.15) is 0 Å². The molecule has 0 N–H and O–H groups in total. The van der Waals surface area contributed by atoms with Crippen LogP contribution in [0.2, 0.25) is 18.1 Å². The molecule has 4 rings (SSSR count). The van der Waals surface area contributed by atoms with Gasteiger partial charge in [-0.1, -0.05) is 0 Å². The summed E-state index contributed by atoms with van der Waals surface area (Å²) in [6, 6.07) is 0. The summed E-state index contributed by atoms with van der Waals surface area (Å²) in [5.41, 5.74) is 1.34. The molecule has 27 heavy (non-hydrogen) atoms. The van der Waals surface area contributed by atoms with Crippen LogP contribution >= 0.6 is 0 Å². The monoisotopic (exact) mass is 462 g/mol. The molecule has 6 atom stereocenters. The van der Waals surface area contributed by atoms with Crippen LogP contribution in [0.5, 0.6) is 0 Å². The number of hydrogen-bond donors (Lipinski definition) is 0. The van der Waals surface area contributed by atoms with Gasteiger partial charge >= 0.3 is 171 Å². The molecular weight excluding hydrogens is 423 g/mol. The molecule has 1 heterocycles. The molecule has 6 heteroatoms. The maximum atomic E-state index is 12.7. The molecular formula is C21H38O4SeSi. The van der Waals surface area contributed by atoms with Crippen molar-refractivity contribution in [2.45, 2.75) is 98.3 Å². The summed E-state index contributed by atoms with van der Waals surface area (Å²) in [4.78, 5) is 0. The van der Waals surface area contributed by atoms with Crippen molar-refractivity contribution in [2.24, 2.45) is 22.7 Å². The van der Waals surface area contributed by atoms with Gasteiger partial charge in [-0.25, -0.2) is 0 Å². The minimum absolute atomic E-state index is 0.0281. The zero-order valence-electron chi connectivity index (χ0n) is 18.7. The first-order chi connectivity index (χ1) is 12.1. The summed E-state index contributed by atoms with van der Waals surface area (Å²) in [7, 11) is -1.98. The summed E-state index contributed by atoms with van der Waals surface area (Å²) < 4.78 is 31.6. The summed E-state index contributed by atoms with van der Waals surface area (Å²) in [5, 5.41) is 0.129. The Balaban J connectivity index is 2.02. The molecule has 3 saturated carbocycles. The Kier molecular flexibility index (Phi) is 5.33. The van der Waals surface area contributed by atoms with Gasteiger partial charge in [-0.15, -0.1) is 0 Å². The molecule has 3 fully saturated rings. The summed E-state index contributed by atoms with van der Waals surface area (Å²) in [5.74, 6) is 0.917. The second-order valence-corrected chi connectivity index (χ2v) is 18.2. The first kappa shape index (κ1) is 21.9. The Labute approximate surface area is 171 Å². The van der Waals surface area contributed by atoms with Crippen molar-refractivity contribution in [3.8, 4) is 0 Å². The Morgan fingerprint density at radius 1 is 1.15 bits per heavy atom. The van der Waals surface area contributed by atoms with Crippen LogP contribution in [0.4, 0.5) is 0 Å². The second-order valence-electron chi connectivity index (χ2n) is 11.8. The van der Waals surface area contributed by atoms with E-state index >= 15 is 0 Å². The summed E-state index contributed by atoms with van der Waals surface area (Å²) in [6.45, 7) is 22.5. The molecule has 0 amide bonds. The molecule has 0 spiro atoms. The molecule has 0 aromatic carbocycles. The number of rotatable bonds is 2. The van der Waals surface area contributed by atoms with Crippen molar-refractivity contribution in [2.75, 3.05) is 0 Å². The van der Waals surface area contributed by atoms with Gasteiger partial charge in [0.15, 0.2) is 0 Å². The van der Waals surface area contributed by atoms with Crippen LogP contribution < -0.4 is 0 Å². The Morgan fingerprint density at radius 3 is 2.22 bits per heavy atom. The Morgan fingerprint density at radius 2 is 1.74 bits per heavy atom. The van der Waals surface area contributed by atoms with E-state index in [-0.39, 0.29) is 34.2 Å². The van der Waals surface area contributed by atoms with Crippen molar-refractivity contribution in [1.82, 2.24) is 0 Å². The van der Waals surface area contributed by atoms with Crippen LogP contribution in [0, 0.1) is 22.7 Å². The third kappa shape index (κ3) is 3.71. The molecule has 0 radical (unpaired) electrons. The normalized spacial score (nSPS) is 39.1. The van der Waals surface area contributed by atoms with Crippen LogP contribution in [0.3, 0.4) is 0 Å². The molecule has 0 aromatic heterocycles. The zero-order chi connectivity index (χ0) is 20.6. The molecule has 1 aliphatic heterocycles. The van der Waals surface area contributed by atoms with Gasteiger partial charge in [-0.2, -0.15) is 0 Å². The van der Waals surface area contributed by atoms with E-state index in [1.807, 2.05) is 0 Å². The van der Waals surface area contributed by atoms with Crippen LogP contribution in [0.15, 0.2) is 11.6 Å². The fourth-order valence-electron chi connectivity index (χ4n) is 4.45. The van der Waals surface area contributed by atoms with Crippen molar-refractivity contribution < 1.29 is 15.9 Å². The maximum absolute atomic E-state index is 12.7. The topological polar surface area (TPSA) is 44.8 Å². The van der Waals surface area contributed by atoms with Crippen molar-refractivity contribution >= 4 is 22.8 Å². The molecule has 0 saturated heterocycles. The standard InChI is InChI=1S/C21H38O4SeSi/c1-19(2,3)16-11-13-14-12-15(21(14,7)8)18(17(13)24-26(22)23-16)25-27(9,10)20(4,5)6/h11,14-18H,12H2,1-10H3/t14-,15+,16+,17+,18+,26?/m0/s1. The fraction of sp³-hybridized carbons (Fsp3) is 0.905. The quantitative estimate of drug-likeness (QED) is 0.418. The van der Waals surface area contributed by atoms with Crippen molar-refractivity contribution in [3.63, 3.8) is 0 Å². The van der Waals surface area contributed by atoms with Gasteiger partial charge in [0.2, 0.25) is 0 Å². The van der Waals surface area contributed by atoms with E-state index in [4.69, 9.17) is 12.1 Å². The van der Waals surface area contributed by atoms with Crippen LogP contribution in [-0.4, -0.2) is 41.1 Å². The van der Waals surface area contributed by atoms with Crippen molar-refractivity contribution in [1.29, 1.82) is 0 Å². The third-order valence-electron chi connectivity index (χ3n) is 7.57. The SMILES string of the molecule is CC(C)(C)[C@H]1C=C2[C@@H](O[Se](=O)O1)[C@H](O[Si](C)(C)C(C)(C)C)[C@H]1C[C@@H]2C1(C)C. The number of hydrogen-bond acceptors (Lipinski definition) is 4. The van der Waals surface area contributed by atoms with E-state index in [0.717, 1.165) is 6.42 Å². The second kappa shape index (κ2) is 6.58. The van der Waals surface area contributed by atoms with E-state index in [9.17, 15) is 3.83 Å². The van der Waals surface area contributed by atoms with Gasteiger partial charge < -0.3 is 0 Å². The molecule has 2 bridgehead atoms. The molecule has 1 unspecified atom stereocenters. The molecule has 156 valence electrons. The first-order valence-corrected chi connectivity index (χ1v) is 15.2. The average molecular weight is 462 g/mol. The molecule has 4 aliphatic rings. The first-order valence-electron chi connectivity index (χ1n) is 10.2. The summed E-state index contributed by atoms with van der Waals surface area (Å²) >= 11 is -2.81. The van der Waals surface area contributed by atoms with E-state index < -0.39 is 22.8 Å². The van der Waals surface area contributed by atoms with Crippen molar-refractivity contribution in [3.05, 3.63) is 11.6 Å². The van der Waals surface area contributed by atoms with Crippen LogP contribution in [0.1, 0.15) is 61.8 Å². The fourth-order valence-corrected chi connectivity index (χ4v) is 7.77. The van der Waals surface area contributed by atoms with E-state index in [0.29, 0.717) is 11.8 Å². The average Bonchev–Trinajstić information content (AvgIpc) is 2.63. The van der Waals surface area contributed by atoms with Gasteiger partial charge in [-0.3, -0.25) is 0 Å². The van der Waals surface area contributed by atoms with E-state index in [2.05, 4.69) is 74.6 Å². The molecule has 3 aliphatic carbocycles. The van der Waals surface area contributed by atoms with E-state index in [1.165, 1.54) is 5.57 Å². The van der Waals surface area contributed by atoms with Gasteiger partial charge in [0.05, 0.1) is 0 Å².